The highest BCUT2D eigenvalue weighted by molar-refractivity contribution is 5.94. The van der Waals surface area contributed by atoms with E-state index in [0.29, 0.717) is 5.56 Å². The molecule has 0 aliphatic heterocycles. The molecule has 0 radical (unpaired) electrons. The van der Waals surface area contributed by atoms with Gasteiger partial charge in [0.15, 0.2) is 0 Å². The predicted octanol–water partition coefficient (Wildman–Crippen LogP) is 6.38. The normalized spacial score (nSPS) is 15.1. The molecule has 174 valence electrons. The molecule has 32 heavy (non-hydrogen) atoms. The second-order valence-corrected chi connectivity index (χ2v) is 8.19. The van der Waals surface area contributed by atoms with Crippen LogP contribution in [0, 0.1) is 5.92 Å². The first-order valence-electron chi connectivity index (χ1n) is 11.0. The molecule has 1 aliphatic carbocycles. The van der Waals surface area contributed by atoms with Crippen molar-refractivity contribution in [3.63, 3.8) is 0 Å². The maximum atomic E-state index is 11.3. The van der Waals surface area contributed by atoms with Crippen molar-refractivity contribution in [2.75, 3.05) is 0 Å². The standard InChI is InChI=1S/C23H29NO.C2HF3O2/c24-23(25)22-10-6-9-21(17-22)20-15-13-19(14-16-20)12-11-18-7-4-2-1-3-5-8-18;3-2(4,5)1(6)7/h6,9-10,13-18H,1-5,7-8,11-12H2,(H2,24,25);(H,6,7). The van der Waals surface area contributed by atoms with Crippen molar-refractivity contribution in [1.82, 2.24) is 0 Å². The lowest BCUT2D eigenvalue weighted by atomic mass is 9.87. The molecular formula is C25H30F3NO3. The van der Waals surface area contributed by atoms with Gasteiger partial charge in [-0.25, -0.2) is 4.79 Å². The van der Waals surface area contributed by atoms with Gasteiger partial charge in [-0.15, -0.1) is 0 Å². The number of hydrogen-bond donors (Lipinski definition) is 2. The maximum Gasteiger partial charge on any atom is 0.490 e. The van der Waals surface area contributed by atoms with Crippen LogP contribution in [-0.4, -0.2) is 23.2 Å². The molecule has 4 nitrogen and oxygen atoms in total. The first-order chi connectivity index (χ1) is 15.2. The van der Waals surface area contributed by atoms with Gasteiger partial charge in [0.1, 0.15) is 0 Å². The lowest BCUT2D eigenvalue weighted by Gasteiger charge is -2.19. The third kappa shape index (κ3) is 8.73. The van der Waals surface area contributed by atoms with E-state index in [0.717, 1.165) is 17.0 Å². The number of rotatable bonds is 5. The lowest BCUT2D eigenvalue weighted by molar-refractivity contribution is -0.192. The minimum atomic E-state index is -5.08. The number of nitrogens with two attached hydrogens (primary N) is 1. The molecule has 3 rings (SSSR count). The number of carboxylic acids is 1. The summed E-state index contributed by atoms with van der Waals surface area (Å²) in [6, 6.07) is 16.3. The van der Waals surface area contributed by atoms with Gasteiger partial charge in [-0.2, -0.15) is 13.2 Å². The molecule has 3 N–H and O–H groups in total. The Morgan fingerprint density at radius 2 is 1.47 bits per heavy atom. The number of aryl methyl sites for hydroxylation is 1. The topological polar surface area (TPSA) is 80.4 Å². The monoisotopic (exact) mass is 449 g/mol. The van der Waals surface area contributed by atoms with Crippen LogP contribution in [0.3, 0.4) is 0 Å². The molecule has 0 aromatic heterocycles. The highest BCUT2D eigenvalue weighted by atomic mass is 19.4. The summed E-state index contributed by atoms with van der Waals surface area (Å²) < 4.78 is 31.7. The van der Waals surface area contributed by atoms with E-state index < -0.39 is 12.1 Å². The third-order valence-corrected chi connectivity index (χ3v) is 5.74. The van der Waals surface area contributed by atoms with Gasteiger partial charge in [0.25, 0.3) is 0 Å². The molecule has 0 bridgehead atoms. The highest BCUT2D eigenvalue weighted by Crippen LogP contribution is 2.27. The van der Waals surface area contributed by atoms with Gasteiger partial charge < -0.3 is 10.8 Å². The first kappa shape index (κ1) is 25.4. The number of hydrogen-bond acceptors (Lipinski definition) is 2. The molecule has 1 saturated carbocycles. The molecule has 0 heterocycles. The summed E-state index contributed by atoms with van der Waals surface area (Å²) in [6.07, 6.45) is 7.36. The van der Waals surface area contributed by atoms with E-state index in [1.54, 1.807) is 6.07 Å². The Bertz CT molecular complexity index is 871. The second-order valence-electron chi connectivity index (χ2n) is 8.19. The Kier molecular flexibility index (Phi) is 9.75. The quantitative estimate of drug-likeness (QED) is 0.556. The number of alkyl halides is 3. The van der Waals surface area contributed by atoms with E-state index in [9.17, 15) is 18.0 Å². The molecule has 1 aliphatic rings. The maximum absolute atomic E-state index is 11.3. The van der Waals surface area contributed by atoms with Crippen molar-refractivity contribution in [2.24, 2.45) is 11.7 Å². The molecule has 1 amide bonds. The van der Waals surface area contributed by atoms with E-state index in [-0.39, 0.29) is 5.91 Å². The van der Waals surface area contributed by atoms with Crippen LogP contribution in [0.15, 0.2) is 48.5 Å². The first-order valence-corrected chi connectivity index (χ1v) is 11.0. The van der Waals surface area contributed by atoms with Gasteiger partial charge in [-0.3, -0.25) is 4.79 Å². The van der Waals surface area contributed by atoms with Gasteiger partial charge in [0.2, 0.25) is 5.91 Å². The minimum Gasteiger partial charge on any atom is -0.475 e. The lowest BCUT2D eigenvalue weighted by Crippen LogP contribution is -2.21. The van der Waals surface area contributed by atoms with Crippen molar-refractivity contribution in [1.29, 1.82) is 0 Å². The number of amides is 1. The highest BCUT2D eigenvalue weighted by Gasteiger charge is 2.38. The van der Waals surface area contributed by atoms with Crippen molar-refractivity contribution in [3.8, 4) is 11.1 Å². The van der Waals surface area contributed by atoms with Crippen molar-refractivity contribution in [2.45, 2.75) is 64.0 Å². The van der Waals surface area contributed by atoms with Gasteiger partial charge in [-0.05, 0) is 47.6 Å². The van der Waals surface area contributed by atoms with Gasteiger partial charge in [0.05, 0.1) is 0 Å². The number of carbonyl (C=O) groups excluding carboxylic acids is 1. The number of halogens is 3. The second kappa shape index (κ2) is 12.3. The van der Waals surface area contributed by atoms with E-state index in [1.165, 1.54) is 63.4 Å². The molecule has 1 fully saturated rings. The van der Waals surface area contributed by atoms with Crippen LogP contribution in [0.4, 0.5) is 13.2 Å². The molecule has 7 heteroatoms. The fraction of sp³-hybridized carbons (Fsp3) is 0.440. The summed E-state index contributed by atoms with van der Waals surface area (Å²) in [4.78, 5) is 20.2. The zero-order valence-corrected chi connectivity index (χ0v) is 18.0. The van der Waals surface area contributed by atoms with Crippen LogP contribution in [0.5, 0.6) is 0 Å². The Labute approximate surface area is 186 Å². The summed E-state index contributed by atoms with van der Waals surface area (Å²) in [5.74, 6) is -2.22. The average Bonchev–Trinajstić information content (AvgIpc) is 2.73. The Hall–Kier alpha value is -2.83. The number of aliphatic carboxylic acids is 1. The Balaban J connectivity index is 0.000000451. The summed E-state index contributed by atoms with van der Waals surface area (Å²) >= 11 is 0. The van der Waals surface area contributed by atoms with Crippen LogP contribution in [0.1, 0.15) is 67.3 Å². The molecule has 0 saturated heterocycles. The number of carbonyl (C=O) groups is 2. The minimum absolute atomic E-state index is 0.377. The van der Waals surface area contributed by atoms with Crippen molar-refractivity contribution < 1.29 is 27.9 Å². The summed E-state index contributed by atoms with van der Waals surface area (Å²) in [7, 11) is 0. The molecule has 0 atom stereocenters. The van der Waals surface area contributed by atoms with E-state index in [2.05, 4.69) is 24.3 Å². The summed E-state index contributed by atoms with van der Waals surface area (Å²) in [6.45, 7) is 0. The van der Waals surface area contributed by atoms with Crippen LogP contribution in [0.25, 0.3) is 11.1 Å². The fourth-order valence-electron chi connectivity index (χ4n) is 3.92. The smallest absolute Gasteiger partial charge is 0.475 e. The van der Waals surface area contributed by atoms with Gasteiger partial charge >= 0.3 is 12.1 Å². The number of carboxylic acid groups (broad SMARTS) is 1. The average molecular weight is 450 g/mol. The number of benzene rings is 2. The van der Waals surface area contributed by atoms with Crippen molar-refractivity contribution in [3.05, 3.63) is 59.7 Å². The fourth-order valence-corrected chi connectivity index (χ4v) is 3.92. The SMILES string of the molecule is NC(=O)c1cccc(-c2ccc(CCC3CCCCCCC3)cc2)c1.O=C(O)C(F)(F)F. The summed E-state index contributed by atoms with van der Waals surface area (Å²) in [5, 5.41) is 7.12. The Morgan fingerprint density at radius 1 is 0.906 bits per heavy atom. The van der Waals surface area contributed by atoms with Crippen LogP contribution in [-0.2, 0) is 11.2 Å². The van der Waals surface area contributed by atoms with Gasteiger partial charge in [0, 0.05) is 5.56 Å². The largest absolute Gasteiger partial charge is 0.490 e. The molecule has 0 spiro atoms. The van der Waals surface area contributed by atoms with Gasteiger partial charge in [-0.1, -0.05) is 81.3 Å². The van der Waals surface area contributed by atoms with E-state index in [4.69, 9.17) is 15.6 Å². The zero-order chi connectivity index (χ0) is 23.6. The molecule has 2 aromatic rings. The van der Waals surface area contributed by atoms with E-state index in [1.807, 2.05) is 18.2 Å². The van der Waals surface area contributed by atoms with Crippen molar-refractivity contribution >= 4 is 11.9 Å². The van der Waals surface area contributed by atoms with Crippen LogP contribution >= 0.6 is 0 Å². The Morgan fingerprint density at radius 3 is 2.00 bits per heavy atom. The number of primary amides is 1. The molecule has 2 aromatic carbocycles. The molecule has 0 unspecified atom stereocenters. The summed E-state index contributed by atoms with van der Waals surface area (Å²) in [5.41, 5.74) is 9.53. The van der Waals surface area contributed by atoms with Crippen LogP contribution < -0.4 is 5.73 Å². The van der Waals surface area contributed by atoms with E-state index >= 15 is 0 Å². The third-order valence-electron chi connectivity index (χ3n) is 5.74. The van der Waals surface area contributed by atoms with Crippen LogP contribution in [0.2, 0.25) is 0 Å². The predicted molar refractivity (Wildman–Crippen MR) is 118 cm³/mol. The molecular weight excluding hydrogens is 419 g/mol. The zero-order valence-electron chi connectivity index (χ0n) is 18.0.